The van der Waals surface area contributed by atoms with E-state index in [4.69, 9.17) is 21.9 Å². The van der Waals surface area contributed by atoms with Crippen LogP contribution in [0.2, 0.25) is 5.02 Å². The summed E-state index contributed by atoms with van der Waals surface area (Å²) in [4.78, 5) is 10.8. The lowest BCUT2D eigenvalue weighted by Crippen LogP contribution is -2.40. The summed E-state index contributed by atoms with van der Waals surface area (Å²) in [6.07, 6.45) is 3.59. The Morgan fingerprint density at radius 2 is 2.09 bits per heavy atom. The van der Waals surface area contributed by atoms with Crippen molar-refractivity contribution in [1.82, 2.24) is 15.0 Å². The Hall–Kier alpha value is -1.35. The van der Waals surface area contributed by atoms with Gasteiger partial charge in [0.2, 0.25) is 11.7 Å². The fourth-order valence-corrected chi connectivity index (χ4v) is 2.63. The van der Waals surface area contributed by atoms with Crippen LogP contribution in [-0.2, 0) is 6.54 Å². The lowest BCUT2D eigenvalue weighted by molar-refractivity contribution is 0.336. The van der Waals surface area contributed by atoms with Crippen molar-refractivity contribution in [2.45, 2.75) is 25.8 Å². The van der Waals surface area contributed by atoms with Crippen LogP contribution in [0.4, 0.5) is 0 Å². The third kappa shape index (κ3) is 4.81. The van der Waals surface area contributed by atoms with Gasteiger partial charge in [-0.15, -0.1) is 24.0 Å². The molecule has 0 radical (unpaired) electrons. The molecule has 23 heavy (non-hydrogen) atoms. The molecule has 2 heterocycles. The zero-order valence-electron chi connectivity index (χ0n) is 12.6. The zero-order chi connectivity index (χ0) is 15.4. The molecular weight excluding hydrogens is 429 g/mol. The summed E-state index contributed by atoms with van der Waals surface area (Å²) in [5.41, 5.74) is 6.82. The molecule has 0 amide bonds. The summed E-state index contributed by atoms with van der Waals surface area (Å²) in [6.45, 7) is 2.22. The summed E-state index contributed by atoms with van der Waals surface area (Å²) in [5.74, 6) is 1.49. The van der Waals surface area contributed by atoms with Crippen LogP contribution < -0.4 is 5.73 Å². The zero-order valence-corrected chi connectivity index (χ0v) is 15.7. The molecule has 0 bridgehead atoms. The van der Waals surface area contributed by atoms with Crippen LogP contribution in [-0.4, -0.2) is 34.1 Å². The molecule has 8 heteroatoms. The predicted octanol–water partition coefficient (Wildman–Crippen LogP) is 3.31. The monoisotopic (exact) mass is 447 g/mol. The lowest BCUT2D eigenvalue weighted by Gasteiger charge is -2.27. The molecule has 1 aromatic heterocycles. The van der Waals surface area contributed by atoms with Gasteiger partial charge in [0.1, 0.15) is 6.54 Å². The van der Waals surface area contributed by atoms with Crippen LogP contribution in [0.1, 0.15) is 25.2 Å². The molecule has 2 aromatic rings. The van der Waals surface area contributed by atoms with Gasteiger partial charge in [0, 0.05) is 23.7 Å². The normalized spacial score (nSPS) is 15.3. The third-order valence-corrected chi connectivity index (χ3v) is 3.84. The maximum absolute atomic E-state index is 6.00. The molecule has 2 N–H and O–H groups in total. The second-order valence-corrected chi connectivity index (χ2v) is 5.68. The maximum atomic E-state index is 6.00. The smallest absolute Gasteiger partial charge is 0.248 e. The predicted molar refractivity (Wildman–Crippen MR) is 101 cm³/mol. The number of piperidine rings is 1. The number of nitrogens with two attached hydrogens (primary N) is 1. The van der Waals surface area contributed by atoms with E-state index in [9.17, 15) is 0 Å². The molecular formula is C15H19ClIN5O. The minimum atomic E-state index is 0. The third-order valence-electron chi connectivity index (χ3n) is 3.61. The van der Waals surface area contributed by atoms with Crippen LogP contribution in [0.3, 0.4) is 0 Å². The van der Waals surface area contributed by atoms with Gasteiger partial charge in [-0.25, -0.2) is 4.99 Å². The molecule has 1 saturated heterocycles. The van der Waals surface area contributed by atoms with Gasteiger partial charge in [-0.2, -0.15) is 4.98 Å². The highest BCUT2D eigenvalue weighted by Crippen LogP contribution is 2.20. The van der Waals surface area contributed by atoms with Crippen molar-refractivity contribution in [1.29, 1.82) is 0 Å². The number of nitrogens with zero attached hydrogens (tertiary/aromatic N) is 4. The maximum Gasteiger partial charge on any atom is 0.248 e. The van der Waals surface area contributed by atoms with Gasteiger partial charge in [0.15, 0.2) is 5.96 Å². The van der Waals surface area contributed by atoms with Gasteiger partial charge < -0.3 is 15.2 Å². The number of halogens is 2. The molecule has 6 nitrogen and oxygen atoms in total. The Kier molecular flexibility index (Phi) is 6.64. The molecule has 1 aliphatic heterocycles. The van der Waals surface area contributed by atoms with Gasteiger partial charge >= 0.3 is 0 Å². The van der Waals surface area contributed by atoms with Gasteiger partial charge in [-0.05, 0) is 31.4 Å². The molecule has 1 fully saturated rings. The Labute approximate surface area is 157 Å². The van der Waals surface area contributed by atoms with Crippen molar-refractivity contribution >= 4 is 41.5 Å². The van der Waals surface area contributed by atoms with Gasteiger partial charge in [0.05, 0.1) is 0 Å². The second kappa shape index (κ2) is 8.49. The summed E-state index contributed by atoms with van der Waals surface area (Å²) < 4.78 is 5.21. The Morgan fingerprint density at radius 3 is 2.83 bits per heavy atom. The number of likely N-dealkylation sites (tertiary alicyclic amines) is 1. The number of hydrogen-bond acceptors (Lipinski definition) is 4. The van der Waals surface area contributed by atoms with E-state index in [-0.39, 0.29) is 30.5 Å². The van der Waals surface area contributed by atoms with Gasteiger partial charge in [-0.3, -0.25) is 0 Å². The summed E-state index contributed by atoms with van der Waals surface area (Å²) in [5, 5.41) is 4.58. The van der Waals surface area contributed by atoms with E-state index in [2.05, 4.69) is 20.0 Å². The highest BCUT2D eigenvalue weighted by Gasteiger charge is 2.13. The van der Waals surface area contributed by atoms with E-state index >= 15 is 0 Å². The number of hydrogen-bond donors (Lipinski definition) is 1. The average Bonchev–Trinajstić information content (AvgIpc) is 3.02. The van der Waals surface area contributed by atoms with E-state index in [1.807, 2.05) is 12.1 Å². The molecule has 0 unspecified atom stereocenters. The van der Waals surface area contributed by atoms with Crippen LogP contribution in [0.15, 0.2) is 33.8 Å². The van der Waals surface area contributed by atoms with Crippen molar-refractivity contribution in [2.24, 2.45) is 10.7 Å². The Bertz CT molecular complexity index is 669. The minimum absolute atomic E-state index is 0. The topological polar surface area (TPSA) is 80.5 Å². The number of guanidine groups is 1. The van der Waals surface area contributed by atoms with Crippen LogP contribution in [0.5, 0.6) is 0 Å². The minimum Gasteiger partial charge on any atom is -0.370 e. The van der Waals surface area contributed by atoms with Crippen molar-refractivity contribution in [3.8, 4) is 11.4 Å². The van der Waals surface area contributed by atoms with Crippen LogP contribution in [0.25, 0.3) is 11.4 Å². The van der Waals surface area contributed by atoms with Crippen molar-refractivity contribution in [2.75, 3.05) is 13.1 Å². The van der Waals surface area contributed by atoms with Crippen molar-refractivity contribution < 1.29 is 4.52 Å². The first-order chi connectivity index (χ1) is 10.7. The average molecular weight is 448 g/mol. The number of aromatic nitrogens is 2. The van der Waals surface area contributed by atoms with E-state index in [0.29, 0.717) is 22.7 Å². The molecule has 0 saturated carbocycles. The van der Waals surface area contributed by atoms with Gasteiger partial charge in [-0.1, -0.05) is 28.9 Å². The molecule has 3 rings (SSSR count). The Balaban J connectivity index is 0.00000192. The van der Waals surface area contributed by atoms with Crippen LogP contribution in [0, 0.1) is 0 Å². The summed E-state index contributed by atoms with van der Waals surface area (Å²) in [6, 6.07) is 7.32. The fourth-order valence-electron chi connectivity index (χ4n) is 2.44. The first kappa shape index (κ1) is 18.0. The number of rotatable bonds is 3. The van der Waals surface area contributed by atoms with Gasteiger partial charge in [0.25, 0.3) is 0 Å². The van der Waals surface area contributed by atoms with Crippen molar-refractivity contribution in [3.63, 3.8) is 0 Å². The highest BCUT2D eigenvalue weighted by molar-refractivity contribution is 14.0. The molecule has 0 spiro atoms. The molecule has 0 aliphatic carbocycles. The summed E-state index contributed by atoms with van der Waals surface area (Å²) in [7, 11) is 0. The van der Waals surface area contributed by atoms with E-state index in [1.54, 1.807) is 12.1 Å². The highest BCUT2D eigenvalue weighted by atomic mass is 127. The van der Waals surface area contributed by atoms with Crippen LogP contribution >= 0.6 is 35.6 Å². The lowest BCUT2D eigenvalue weighted by atomic mass is 10.1. The standard InChI is InChI=1S/C15H18ClN5O.HI/c16-12-6-4-5-11(9-12)14-19-13(22-20-14)10-18-15(17)21-7-2-1-3-8-21;/h4-6,9H,1-3,7-8,10H2,(H2,17,18);1H. The molecule has 124 valence electrons. The van der Waals surface area contributed by atoms with E-state index in [1.165, 1.54) is 6.42 Å². The van der Waals surface area contributed by atoms with Crippen molar-refractivity contribution in [3.05, 3.63) is 35.2 Å². The first-order valence-electron chi connectivity index (χ1n) is 7.36. The number of benzene rings is 1. The summed E-state index contributed by atoms with van der Waals surface area (Å²) >= 11 is 5.96. The number of aliphatic imine (C=N–C) groups is 1. The molecule has 1 aromatic carbocycles. The quantitative estimate of drug-likeness (QED) is 0.443. The second-order valence-electron chi connectivity index (χ2n) is 5.24. The van der Waals surface area contributed by atoms with E-state index < -0.39 is 0 Å². The first-order valence-corrected chi connectivity index (χ1v) is 7.73. The SMILES string of the molecule is I.NC(=NCc1nc(-c2cccc(Cl)c2)no1)N1CCCCC1. The fraction of sp³-hybridized carbons (Fsp3) is 0.400. The molecule has 0 atom stereocenters. The van der Waals surface area contributed by atoms with E-state index in [0.717, 1.165) is 31.5 Å². The molecule has 1 aliphatic rings. The Morgan fingerprint density at radius 1 is 1.30 bits per heavy atom. The largest absolute Gasteiger partial charge is 0.370 e.